The first-order chi connectivity index (χ1) is 14.7. The molecule has 0 spiro atoms. The van der Waals surface area contributed by atoms with Gasteiger partial charge in [-0.15, -0.1) is 0 Å². The van der Waals surface area contributed by atoms with Gasteiger partial charge < -0.3 is 0 Å². The van der Waals surface area contributed by atoms with Crippen LogP contribution >= 0.6 is 0 Å². The Balaban J connectivity index is 1.32. The predicted molar refractivity (Wildman–Crippen MR) is 125 cm³/mol. The zero-order chi connectivity index (χ0) is 20.5. The summed E-state index contributed by atoms with van der Waals surface area (Å²) in [5.74, 6) is 1.06. The lowest BCUT2D eigenvalue weighted by atomic mass is 9.89. The number of fused-ring (bicyclic) bond motifs is 1. The molecule has 0 saturated heterocycles. The van der Waals surface area contributed by atoms with Crippen molar-refractivity contribution in [2.75, 3.05) is 0 Å². The minimum Gasteiger partial charge on any atom is -0.294 e. The van der Waals surface area contributed by atoms with E-state index < -0.39 is 0 Å². The molecule has 5 rings (SSSR count). The highest BCUT2D eigenvalue weighted by Crippen LogP contribution is 2.37. The Kier molecular flexibility index (Phi) is 5.29. The van der Waals surface area contributed by atoms with Crippen LogP contribution in [0.1, 0.15) is 71.1 Å². The normalized spacial score (nSPS) is 18.2. The van der Waals surface area contributed by atoms with Gasteiger partial charge in [0.2, 0.25) is 0 Å². The van der Waals surface area contributed by atoms with Gasteiger partial charge in [0, 0.05) is 12.0 Å². The van der Waals surface area contributed by atoms with Crippen molar-refractivity contribution >= 4 is 11.9 Å². The van der Waals surface area contributed by atoms with Crippen LogP contribution in [-0.2, 0) is 12.8 Å². The lowest BCUT2D eigenvalue weighted by Gasteiger charge is -2.15. The van der Waals surface area contributed by atoms with Crippen LogP contribution in [0, 0.1) is 12.8 Å². The number of hydrogen-bond acceptors (Lipinski definition) is 1. The van der Waals surface area contributed by atoms with Gasteiger partial charge in [-0.2, -0.15) is 0 Å². The summed E-state index contributed by atoms with van der Waals surface area (Å²) in [7, 11) is 0. The average molecular weight is 395 g/mol. The zero-order valence-corrected chi connectivity index (χ0v) is 17.9. The fourth-order valence-corrected chi connectivity index (χ4v) is 5.52. The second-order valence-electron chi connectivity index (χ2n) is 9.17. The minimum atomic E-state index is 0.260. The standard InChI is InChI=1S/C29H30O/c1-20-22(16-21-8-2-3-9-21)12-6-14-27(20)29(30)19-25-13-7-15-28(25)26-17-23-10-4-5-11-24(23)18-26/h4-6,10-15,17,21H,2-3,7-9,16,18-19H2,1H3. The SMILES string of the molecule is Cc1c(CC2CCCC2)cccc1C(=O)CC1=CCC=C1C1=Cc2ccccc2C1. The van der Waals surface area contributed by atoms with Gasteiger partial charge in [0.25, 0.3) is 0 Å². The molecule has 1 nitrogen and oxygen atoms in total. The van der Waals surface area contributed by atoms with E-state index in [4.69, 9.17) is 0 Å². The number of allylic oxidation sites excluding steroid dienone is 5. The van der Waals surface area contributed by atoms with Gasteiger partial charge in [0.15, 0.2) is 5.78 Å². The topological polar surface area (TPSA) is 17.1 Å². The molecule has 0 aromatic heterocycles. The smallest absolute Gasteiger partial charge is 0.167 e. The largest absolute Gasteiger partial charge is 0.294 e. The molecular formula is C29H30O. The first kappa shape index (κ1) is 19.3. The van der Waals surface area contributed by atoms with Crippen LogP contribution in [-0.4, -0.2) is 5.78 Å². The van der Waals surface area contributed by atoms with E-state index in [1.165, 1.54) is 64.7 Å². The highest BCUT2D eigenvalue weighted by atomic mass is 16.1. The Morgan fingerprint density at radius 1 is 1.00 bits per heavy atom. The Bertz CT molecular complexity index is 1070. The second-order valence-corrected chi connectivity index (χ2v) is 9.17. The summed E-state index contributed by atoms with van der Waals surface area (Å²) < 4.78 is 0. The molecule has 1 saturated carbocycles. The number of carbonyl (C=O) groups excluding carboxylic acids is 1. The summed E-state index contributed by atoms with van der Waals surface area (Å²) in [6.45, 7) is 2.15. The Hall–Kier alpha value is -2.67. The first-order valence-corrected chi connectivity index (χ1v) is 11.5. The van der Waals surface area contributed by atoms with Gasteiger partial charge in [-0.05, 0) is 71.1 Å². The second kappa shape index (κ2) is 8.22. The highest BCUT2D eigenvalue weighted by molar-refractivity contribution is 6.00. The summed E-state index contributed by atoms with van der Waals surface area (Å²) in [5.41, 5.74) is 10.1. The van der Waals surface area contributed by atoms with Crippen LogP contribution in [0.4, 0.5) is 0 Å². The van der Waals surface area contributed by atoms with E-state index >= 15 is 0 Å². The molecule has 0 heterocycles. The third-order valence-electron chi connectivity index (χ3n) is 7.22. The molecule has 0 bridgehead atoms. The molecule has 152 valence electrons. The molecule has 1 fully saturated rings. The van der Waals surface area contributed by atoms with Gasteiger partial charge in [-0.3, -0.25) is 4.79 Å². The van der Waals surface area contributed by atoms with Crippen LogP contribution in [0.2, 0.25) is 0 Å². The molecule has 3 aliphatic carbocycles. The Morgan fingerprint density at radius 3 is 2.67 bits per heavy atom. The van der Waals surface area contributed by atoms with Crippen molar-refractivity contribution in [3.8, 4) is 0 Å². The minimum absolute atomic E-state index is 0.260. The quantitative estimate of drug-likeness (QED) is 0.474. The maximum absolute atomic E-state index is 13.3. The van der Waals surface area contributed by atoms with E-state index in [1.54, 1.807) is 0 Å². The third-order valence-corrected chi connectivity index (χ3v) is 7.22. The molecule has 0 radical (unpaired) electrons. The van der Waals surface area contributed by atoms with Crippen molar-refractivity contribution in [1.82, 2.24) is 0 Å². The maximum Gasteiger partial charge on any atom is 0.167 e. The van der Waals surface area contributed by atoms with Crippen molar-refractivity contribution in [3.63, 3.8) is 0 Å². The molecule has 1 heteroatoms. The van der Waals surface area contributed by atoms with Gasteiger partial charge in [-0.25, -0.2) is 0 Å². The monoisotopic (exact) mass is 394 g/mol. The van der Waals surface area contributed by atoms with E-state index in [-0.39, 0.29) is 5.78 Å². The van der Waals surface area contributed by atoms with Crippen LogP contribution in [0.3, 0.4) is 0 Å². The summed E-state index contributed by atoms with van der Waals surface area (Å²) in [6, 6.07) is 14.9. The van der Waals surface area contributed by atoms with E-state index in [0.29, 0.717) is 6.42 Å². The average Bonchev–Trinajstić information content (AvgIpc) is 3.49. The molecule has 0 unspecified atom stereocenters. The predicted octanol–water partition coefficient (Wildman–Crippen LogP) is 7.20. The van der Waals surface area contributed by atoms with Crippen LogP contribution in [0.5, 0.6) is 0 Å². The van der Waals surface area contributed by atoms with Crippen molar-refractivity contribution in [2.24, 2.45) is 5.92 Å². The molecule has 30 heavy (non-hydrogen) atoms. The number of Topliss-reactive ketones (excluding diaryl/α,β-unsaturated/α-hetero) is 1. The number of carbonyl (C=O) groups is 1. The first-order valence-electron chi connectivity index (χ1n) is 11.5. The summed E-state index contributed by atoms with van der Waals surface area (Å²) in [5, 5.41) is 0. The molecule has 2 aromatic rings. The number of hydrogen-bond donors (Lipinski definition) is 0. The van der Waals surface area contributed by atoms with Crippen molar-refractivity contribution < 1.29 is 4.79 Å². The van der Waals surface area contributed by atoms with Crippen LogP contribution < -0.4 is 0 Å². The van der Waals surface area contributed by atoms with Crippen molar-refractivity contribution in [2.45, 2.75) is 58.3 Å². The van der Waals surface area contributed by atoms with Crippen molar-refractivity contribution in [3.05, 3.63) is 99.2 Å². The van der Waals surface area contributed by atoms with Gasteiger partial charge in [0.05, 0.1) is 0 Å². The number of rotatable bonds is 6. The summed E-state index contributed by atoms with van der Waals surface area (Å²) in [4.78, 5) is 13.3. The van der Waals surface area contributed by atoms with E-state index in [1.807, 2.05) is 6.07 Å². The third kappa shape index (κ3) is 3.74. The molecule has 0 N–H and O–H groups in total. The van der Waals surface area contributed by atoms with E-state index in [0.717, 1.165) is 30.7 Å². The Morgan fingerprint density at radius 2 is 1.83 bits per heavy atom. The molecular weight excluding hydrogens is 364 g/mol. The lowest BCUT2D eigenvalue weighted by molar-refractivity contribution is 0.0993. The van der Waals surface area contributed by atoms with Gasteiger partial charge in [-0.1, -0.05) is 86.4 Å². The number of benzene rings is 2. The fourth-order valence-electron chi connectivity index (χ4n) is 5.52. The van der Waals surface area contributed by atoms with Crippen LogP contribution in [0.25, 0.3) is 6.08 Å². The molecule has 0 amide bonds. The fraction of sp³-hybridized carbons (Fsp3) is 0.345. The summed E-state index contributed by atoms with van der Waals surface area (Å²) in [6.07, 6.45) is 15.8. The van der Waals surface area contributed by atoms with E-state index in [9.17, 15) is 4.79 Å². The Labute approximate surface area is 180 Å². The van der Waals surface area contributed by atoms with Crippen LogP contribution in [0.15, 0.2) is 71.3 Å². The molecule has 0 atom stereocenters. The number of ketones is 1. The van der Waals surface area contributed by atoms with Gasteiger partial charge in [0.1, 0.15) is 0 Å². The van der Waals surface area contributed by atoms with Gasteiger partial charge >= 0.3 is 0 Å². The van der Waals surface area contributed by atoms with E-state index in [2.05, 4.69) is 61.5 Å². The molecule has 3 aliphatic rings. The van der Waals surface area contributed by atoms with Crippen molar-refractivity contribution in [1.29, 1.82) is 0 Å². The lowest BCUT2D eigenvalue weighted by Crippen LogP contribution is -2.08. The highest BCUT2D eigenvalue weighted by Gasteiger charge is 2.23. The maximum atomic E-state index is 13.3. The molecule has 2 aromatic carbocycles. The molecule has 0 aliphatic heterocycles. The zero-order valence-electron chi connectivity index (χ0n) is 17.9. The summed E-state index contributed by atoms with van der Waals surface area (Å²) >= 11 is 0.